The van der Waals surface area contributed by atoms with E-state index in [2.05, 4.69) is 0 Å². The normalized spacial score (nSPS) is 13.5. The summed E-state index contributed by atoms with van der Waals surface area (Å²) in [6.07, 6.45) is -13.9. The van der Waals surface area contributed by atoms with E-state index in [1.165, 1.54) is 0 Å². The molecule has 2 aromatic rings. The Morgan fingerprint density at radius 1 is 0.949 bits per heavy atom. The third-order valence-corrected chi connectivity index (χ3v) is 6.31. The van der Waals surface area contributed by atoms with Crippen LogP contribution < -0.4 is 5.32 Å². The predicted octanol–water partition coefficient (Wildman–Crippen LogP) is 7.78. The summed E-state index contributed by atoms with van der Waals surface area (Å²) in [5.41, 5.74) is -3.23. The molecular formula is C23H16Cl3F9N2O2. The van der Waals surface area contributed by atoms with E-state index in [-0.39, 0.29) is 25.5 Å². The minimum atomic E-state index is -5.18. The SMILES string of the molecule is CN(CCNC(=O)c1ccc(C=CC(c2cc(Cl)c(Cl)c(Cl)c2)C(F)(F)F)cc1C(F)(F)F)C(=O)C(F)(F)F. The van der Waals surface area contributed by atoms with Gasteiger partial charge in [-0.15, -0.1) is 0 Å². The Morgan fingerprint density at radius 3 is 2.00 bits per heavy atom. The van der Waals surface area contributed by atoms with Crippen LogP contribution in [0, 0.1) is 0 Å². The zero-order valence-electron chi connectivity index (χ0n) is 19.3. The Balaban J connectivity index is 2.32. The van der Waals surface area contributed by atoms with Gasteiger partial charge in [-0.1, -0.05) is 53.0 Å². The number of benzene rings is 2. The van der Waals surface area contributed by atoms with Crippen LogP contribution in [-0.2, 0) is 11.0 Å². The maximum Gasteiger partial charge on any atom is 0.471 e. The molecule has 0 aliphatic heterocycles. The van der Waals surface area contributed by atoms with Crippen molar-refractivity contribution in [2.45, 2.75) is 24.4 Å². The fraction of sp³-hybridized carbons (Fsp3) is 0.304. The minimum absolute atomic E-state index is 0.186. The van der Waals surface area contributed by atoms with Crippen molar-refractivity contribution in [3.63, 3.8) is 0 Å². The molecule has 1 atom stereocenters. The number of amides is 2. The fourth-order valence-electron chi connectivity index (χ4n) is 3.22. The molecule has 0 aliphatic carbocycles. The number of hydrogen-bond donors (Lipinski definition) is 1. The lowest BCUT2D eigenvalue weighted by atomic mass is 9.96. The van der Waals surface area contributed by atoms with Gasteiger partial charge in [-0.3, -0.25) is 9.59 Å². The number of nitrogens with one attached hydrogen (secondary N) is 1. The first-order valence-electron chi connectivity index (χ1n) is 10.4. The smallest absolute Gasteiger partial charge is 0.350 e. The Labute approximate surface area is 230 Å². The first-order valence-corrected chi connectivity index (χ1v) is 11.6. The lowest BCUT2D eigenvalue weighted by molar-refractivity contribution is -0.183. The molecule has 0 heterocycles. The number of halogens is 12. The number of carbonyl (C=O) groups excluding carboxylic acids is 2. The Morgan fingerprint density at radius 2 is 1.51 bits per heavy atom. The van der Waals surface area contributed by atoms with E-state index in [4.69, 9.17) is 34.8 Å². The summed E-state index contributed by atoms with van der Waals surface area (Å²) in [5, 5.41) is 1.24. The van der Waals surface area contributed by atoms with E-state index >= 15 is 0 Å². The second kappa shape index (κ2) is 12.3. The molecule has 39 heavy (non-hydrogen) atoms. The van der Waals surface area contributed by atoms with Gasteiger partial charge in [0.15, 0.2) is 0 Å². The third kappa shape index (κ3) is 8.67. The van der Waals surface area contributed by atoms with E-state index in [1.807, 2.05) is 5.32 Å². The molecule has 0 aliphatic rings. The van der Waals surface area contributed by atoms with Gasteiger partial charge in [0.05, 0.1) is 32.1 Å². The van der Waals surface area contributed by atoms with Gasteiger partial charge in [-0.05, 0) is 35.4 Å². The summed E-state index contributed by atoms with van der Waals surface area (Å²) in [4.78, 5) is 23.6. The second-order valence-corrected chi connectivity index (χ2v) is 9.15. The van der Waals surface area contributed by atoms with Gasteiger partial charge in [-0.2, -0.15) is 39.5 Å². The lowest BCUT2D eigenvalue weighted by Crippen LogP contribution is -2.42. The maximum absolute atomic E-state index is 13.7. The zero-order valence-corrected chi connectivity index (χ0v) is 21.6. The van der Waals surface area contributed by atoms with Gasteiger partial charge >= 0.3 is 24.4 Å². The summed E-state index contributed by atoms with van der Waals surface area (Å²) in [6.45, 7) is -1.28. The molecule has 0 saturated carbocycles. The standard InChI is InChI=1S/C23H16Cl3F9N2O2/c1-37(20(39)23(33,34)35)7-6-36-19(38)13-4-2-11(8-15(13)22(30,31)32)3-5-14(21(27,28)29)12-9-16(24)18(26)17(25)10-12/h2-5,8-10,14H,6-7H2,1H3,(H,36,38). The van der Waals surface area contributed by atoms with Crippen molar-refractivity contribution in [1.29, 1.82) is 0 Å². The number of hydrogen-bond acceptors (Lipinski definition) is 2. The van der Waals surface area contributed by atoms with Crippen LogP contribution in [0.2, 0.25) is 15.1 Å². The van der Waals surface area contributed by atoms with E-state index in [0.717, 1.165) is 31.3 Å². The highest BCUT2D eigenvalue weighted by atomic mass is 35.5. The minimum Gasteiger partial charge on any atom is -0.350 e. The molecule has 2 amide bonds. The van der Waals surface area contributed by atoms with Crippen LogP contribution in [0.1, 0.15) is 33.0 Å². The molecule has 0 fully saturated rings. The monoisotopic (exact) mass is 628 g/mol. The molecule has 0 saturated heterocycles. The molecule has 0 radical (unpaired) electrons. The van der Waals surface area contributed by atoms with Crippen molar-refractivity contribution in [3.8, 4) is 0 Å². The van der Waals surface area contributed by atoms with Gasteiger partial charge in [-0.25, -0.2) is 0 Å². The molecule has 4 nitrogen and oxygen atoms in total. The molecule has 2 aromatic carbocycles. The molecule has 16 heteroatoms. The van der Waals surface area contributed by atoms with Crippen LogP contribution in [0.5, 0.6) is 0 Å². The quantitative estimate of drug-likeness (QED) is 0.251. The summed E-state index contributed by atoms with van der Waals surface area (Å²) in [7, 11) is 0.782. The number of likely N-dealkylation sites (N-methyl/N-ethyl adjacent to an activating group) is 1. The topological polar surface area (TPSA) is 49.4 Å². The number of carbonyl (C=O) groups is 2. The van der Waals surface area contributed by atoms with E-state index in [1.54, 1.807) is 0 Å². The van der Waals surface area contributed by atoms with Crippen LogP contribution >= 0.6 is 34.8 Å². The third-order valence-electron chi connectivity index (χ3n) is 5.11. The van der Waals surface area contributed by atoms with Gasteiger partial charge < -0.3 is 10.2 Å². The zero-order chi connectivity index (χ0) is 29.9. The van der Waals surface area contributed by atoms with Crippen molar-refractivity contribution in [1.82, 2.24) is 10.2 Å². The van der Waals surface area contributed by atoms with Crippen molar-refractivity contribution in [3.05, 3.63) is 73.7 Å². The van der Waals surface area contributed by atoms with Crippen LogP contribution in [0.4, 0.5) is 39.5 Å². The van der Waals surface area contributed by atoms with Gasteiger partial charge in [0.25, 0.3) is 5.91 Å². The molecule has 1 N–H and O–H groups in total. The molecule has 0 spiro atoms. The first kappa shape index (κ1) is 32.6. The highest BCUT2D eigenvalue weighted by Gasteiger charge is 2.41. The van der Waals surface area contributed by atoms with E-state index in [9.17, 15) is 49.1 Å². The van der Waals surface area contributed by atoms with Gasteiger partial charge in [0.2, 0.25) is 0 Å². The largest absolute Gasteiger partial charge is 0.471 e. The number of rotatable bonds is 7. The molecule has 0 aromatic heterocycles. The number of nitrogens with zero attached hydrogens (tertiary/aromatic N) is 1. The van der Waals surface area contributed by atoms with E-state index < -0.39 is 66.0 Å². The Kier molecular flexibility index (Phi) is 10.2. The second-order valence-electron chi connectivity index (χ2n) is 7.96. The molecule has 1 unspecified atom stereocenters. The summed E-state index contributed by atoms with van der Waals surface area (Å²) >= 11 is 17.4. The van der Waals surface area contributed by atoms with Crippen molar-refractivity contribution in [2.24, 2.45) is 0 Å². The van der Waals surface area contributed by atoms with Gasteiger partial charge in [0.1, 0.15) is 0 Å². The molecular weight excluding hydrogens is 614 g/mol. The number of alkyl halides is 9. The van der Waals surface area contributed by atoms with Crippen LogP contribution in [0.15, 0.2) is 36.4 Å². The Bertz CT molecular complexity index is 1240. The van der Waals surface area contributed by atoms with Crippen molar-refractivity contribution < 1.29 is 49.1 Å². The molecule has 214 valence electrons. The first-order chi connectivity index (χ1) is 17.7. The van der Waals surface area contributed by atoms with Crippen LogP contribution in [0.25, 0.3) is 6.08 Å². The predicted molar refractivity (Wildman–Crippen MR) is 127 cm³/mol. The van der Waals surface area contributed by atoms with Crippen LogP contribution in [0.3, 0.4) is 0 Å². The highest BCUT2D eigenvalue weighted by molar-refractivity contribution is 6.48. The fourth-order valence-corrected chi connectivity index (χ4v) is 3.83. The maximum atomic E-state index is 13.7. The number of allylic oxidation sites excluding steroid dienone is 1. The molecule has 2 rings (SSSR count). The van der Waals surface area contributed by atoms with Crippen molar-refractivity contribution in [2.75, 3.05) is 20.1 Å². The van der Waals surface area contributed by atoms with Gasteiger partial charge in [0, 0.05) is 20.1 Å². The average molecular weight is 630 g/mol. The van der Waals surface area contributed by atoms with Crippen molar-refractivity contribution >= 4 is 52.7 Å². The summed E-state index contributed by atoms with van der Waals surface area (Å²) < 4.78 is 119. The highest BCUT2D eigenvalue weighted by Crippen LogP contribution is 2.41. The summed E-state index contributed by atoms with van der Waals surface area (Å²) in [6, 6.07) is 3.88. The lowest BCUT2D eigenvalue weighted by Gasteiger charge is -2.19. The molecule has 0 bridgehead atoms. The van der Waals surface area contributed by atoms with E-state index in [0.29, 0.717) is 18.2 Å². The van der Waals surface area contributed by atoms with Crippen LogP contribution in [-0.4, -0.2) is 49.2 Å². The Hall–Kier alpha value is -2.64. The summed E-state index contributed by atoms with van der Waals surface area (Å²) in [5.74, 6) is -5.88. The average Bonchev–Trinajstić information content (AvgIpc) is 2.79.